The molecule has 0 saturated carbocycles. The van der Waals surface area contributed by atoms with E-state index in [1.807, 2.05) is 11.2 Å². The summed E-state index contributed by atoms with van der Waals surface area (Å²) >= 11 is 1.30. The van der Waals surface area contributed by atoms with Crippen LogP contribution in [0.4, 0.5) is 4.79 Å². The van der Waals surface area contributed by atoms with Crippen molar-refractivity contribution in [3.8, 4) is 0 Å². The molecule has 0 N–H and O–H groups in total. The number of likely N-dealkylation sites (tertiary alicyclic amines) is 1. The van der Waals surface area contributed by atoms with Gasteiger partial charge in [-0.25, -0.2) is 0 Å². The first-order chi connectivity index (χ1) is 8.13. The summed E-state index contributed by atoms with van der Waals surface area (Å²) in [6.07, 6.45) is 6.59. The maximum atomic E-state index is 11.5. The van der Waals surface area contributed by atoms with E-state index in [1.54, 1.807) is 0 Å². The summed E-state index contributed by atoms with van der Waals surface area (Å²) in [5.74, 6) is 0.764. The average molecular weight is 259 g/mol. The van der Waals surface area contributed by atoms with Crippen molar-refractivity contribution in [2.75, 3.05) is 26.0 Å². The number of carbonyl (C=O) groups excluding carboxylic acids is 1. The highest BCUT2D eigenvalue weighted by Gasteiger charge is 2.22. The molecule has 0 atom stereocenters. The Hall–Kier alpha value is -0.220. The lowest BCUT2D eigenvalue weighted by atomic mass is 10.1. The van der Waals surface area contributed by atoms with Gasteiger partial charge < -0.3 is 9.64 Å². The highest BCUT2D eigenvalue weighted by Crippen LogP contribution is 2.17. The largest absolute Gasteiger partial charge is 0.378 e. The molecule has 0 unspecified atom stereocenters. The summed E-state index contributed by atoms with van der Waals surface area (Å²) in [7, 11) is 0. The fourth-order valence-corrected chi connectivity index (χ4v) is 2.52. The fourth-order valence-electron chi connectivity index (χ4n) is 2.08. The van der Waals surface area contributed by atoms with Crippen molar-refractivity contribution in [2.45, 2.75) is 45.6 Å². The van der Waals surface area contributed by atoms with Crippen LogP contribution in [0.5, 0.6) is 0 Å². The summed E-state index contributed by atoms with van der Waals surface area (Å²) in [6.45, 7) is 7.07. The molecule has 1 heterocycles. The van der Waals surface area contributed by atoms with Gasteiger partial charge in [-0.15, -0.1) is 0 Å². The number of carbonyl (C=O) groups is 1. The molecule has 0 spiro atoms. The quantitative estimate of drug-likeness (QED) is 0.709. The first-order valence-electron chi connectivity index (χ1n) is 6.58. The molecule has 100 valence electrons. The van der Waals surface area contributed by atoms with Crippen molar-refractivity contribution in [3.05, 3.63) is 0 Å². The van der Waals surface area contributed by atoms with Gasteiger partial charge >= 0.3 is 0 Å². The lowest BCUT2D eigenvalue weighted by Gasteiger charge is -2.31. The minimum absolute atomic E-state index is 0.197. The van der Waals surface area contributed by atoms with Crippen LogP contribution >= 0.6 is 11.8 Å². The second-order valence-corrected chi connectivity index (χ2v) is 5.82. The average Bonchev–Trinajstić information content (AvgIpc) is 2.34. The van der Waals surface area contributed by atoms with Crippen LogP contribution in [0.15, 0.2) is 0 Å². The third kappa shape index (κ3) is 5.77. The summed E-state index contributed by atoms with van der Waals surface area (Å²) in [6, 6.07) is 0. The van der Waals surface area contributed by atoms with Gasteiger partial charge in [0.1, 0.15) is 0 Å². The van der Waals surface area contributed by atoms with Crippen LogP contribution in [-0.4, -0.2) is 42.2 Å². The fraction of sp³-hybridized carbons (Fsp3) is 0.923. The third-order valence-electron chi connectivity index (χ3n) is 3.15. The molecule has 0 bridgehead atoms. The number of thioether (sulfide) groups is 1. The lowest BCUT2D eigenvalue weighted by Crippen LogP contribution is -2.39. The molecule has 4 heteroatoms. The van der Waals surface area contributed by atoms with Gasteiger partial charge in [-0.05, 0) is 37.9 Å². The highest BCUT2D eigenvalue weighted by atomic mass is 32.2. The predicted octanol–water partition coefficient (Wildman–Crippen LogP) is 3.39. The van der Waals surface area contributed by atoms with Crippen LogP contribution in [0.2, 0.25) is 0 Å². The van der Waals surface area contributed by atoms with E-state index >= 15 is 0 Å². The molecule has 0 radical (unpaired) electrons. The van der Waals surface area contributed by atoms with E-state index in [1.165, 1.54) is 18.2 Å². The second-order valence-electron chi connectivity index (χ2n) is 5.06. The normalized spacial score (nSPS) is 17.8. The molecule has 0 aromatic heterocycles. The van der Waals surface area contributed by atoms with E-state index in [0.717, 1.165) is 44.9 Å². The molecule has 0 aromatic rings. The summed E-state index contributed by atoms with van der Waals surface area (Å²) in [5.41, 5.74) is 0. The van der Waals surface area contributed by atoms with Gasteiger partial charge in [-0.3, -0.25) is 4.79 Å². The number of hydrogen-bond acceptors (Lipinski definition) is 3. The molecule has 1 rings (SSSR count). The van der Waals surface area contributed by atoms with Gasteiger partial charge in [0, 0.05) is 19.7 Å². The van der Waals surface area contributed by atoms with Crippen LogP contribution in [0.25, 0.3) is 0 Å². The molecule has 17 heavy (non-hydrogen) atoms. The molecule has 1 saturated heterocycles. The Morgan fingerprint density at radius 1 is 1.41 bits per heavy atom. The number of ether oxygens (including phenoxy) is 1. The Morgan fingerprint density at radius 2 is 2.06 bits per heavy atom. The summed E-state index contributed by atoms with van der Waals surface area (Å²) < 4.78 is 5.85. The van der Waals surface area contributed by atoms with E-state index < -0.39 is 0 Å². The van der Waals surface area contributed by atoms with Crippen molar-refractivity contribution >= 4 is 17.0 Å². The van der Waals surface area contributed by atoms with Crippen molar-refractivity contribution < 1.29 is 9.53 Å². The molecule has 1 amide bonds. The van der Waals surface area contributed by atoms with Gasteiger partial charge in [0.2, 0.25) is 0 Å². The number of rotatable bonds is 5. The zero-order chi connectivity index (χ0) is 12.7. The van der Waals surface area contributed by atoms with E-state index in [-0.39, 0.29) is 5.24 Å². The molecule has 1 aliphatic heterocycles. The third-order valence-corrected chi connectivity index (χ3v) is 3.76. The Labute approximate surface area is 109 Å². The van der Waals surface area contributed by atoms with Gasteiger partial charge in [-0.2, -0.15) is 0 Å². The van der Waals surface area contributed by atoms with Gasteiger partial charge in [0.15, 0.2) is 0 Å². The number of nitrogens with zero attached hydrogens (tertiary/aromatic N) is 1. The Balaban J connectivity index is 2.09. The molecule has 3 nitrogen and oxygen atoms in total. The molecule has 0 aliphatic carbocycles. The van der Waals surface area contributed by atoms with Gasteiger partial charge in [-0.1, -0.05) is 25.6 Å². The van der Waals surface area contributed by atoms with Crippen LogP contribution < -0.4 is 0 Å². The topological polar surface area (TPSA) is 29.5 Å². The Kier molecular flexibility index (Phi) is 6.97. The van der Waals surface area contributed by atoms with Gasteiger partial charge in [0.25, 0.3) is 5.24 Å². The van der Waals surface area contributed by atoms with Gasteiger partial charge in [0.05, 0.1) is 6.10 Å². The summed E-state index contributed by atoms with van der Waals surface area (Å²) in [5, 5.41) is 0.197. The zero-order valence-electron chi connectivity index (χ0n) is 11.3. The number of hydrogen-bond donors (Lipinski definition) is 0. The van der Waals surface area contributed by atoms with E-state index in [0.29, 0.717) is 6.10 Å². The van der Waals surface area contributed by atoms with Crippen LogP contribution in [0, 0.1) is 5.92 Å². The zero-order valence-corrected chi connectivity index (χ0v) is 12.1. The maximum absolute atomic E-state index is 11.5. The lowest BCUT2D eigenvalue weighted by molar-refractivity contribution is 0.0142. The SMILES string of the molecule is CSC(=O)N1CCC(OCCCC(C)C)CC1. The smallest absolute Gasteiger partial charge is 0.281 e. The maximum Gasteiger partial charge on any atom is 0.281 e. The minimum atomic E-state index is 0.197. The van der Waals surface area contributed by atoms with E-state index in [9.17, 15) is 4.79 Å². The summed E-state index contributed by atoms with van der Waals surface area (Å²) in [4.78, 5) is 13.4. The van der Waals surface area contributed by atoms with Crippen molar-refractivity contribution in [3.63, 3.8) is 0 Å². The van der Waals surface area contributed by atoms with Crippen molar-refractivity contribution in [1.29, 1.82) is 0 Å². The number of amides is 1. The second kappa shape index (κ2) is 7.98. The van der Waals surface area contributed by atoms with Crippen LogP contribution in [-0.2, 0) is 4.74 Å². The Morgan fingerprint density at radius 3 is 2.59 bits per heavy atom. The monoisotopic (exact) mass is 259 g/mol. The van der Waals surface area contributed by atoms with E-state index in [4.69, 9.17) is 4.74 Å². The molecular formula is C13H25NO2S. The van der Waals surface area contributed by atoms with Crippen LogP contribution in [0.1, 0.15) is 39.5 Å². The Bertz CT molecular complexity index is 225. The van der Waals surface area contributed by atoms with Crippen molar-refractivity contribution in [1.82, 2.24) is 4.90 Å². The molecule has 1 aliphatic rings. The van der Waals surface area contributed by atoms with E-state index in [2.05, 4.69) is 13.8 Å². The first kappa shape index (κ1) is 14.8. The number of piperidine rings is 1. The molecule has 1 fully saturated rings. The first-order valence-corrected chi connectivity index (χ1v) is 7.80. The standard InChI is InChI=1S/C13H25NO2S/c1-11(2)5-4-10-16-12-6-8-14(9-7-12)13(15)17-3/h11-12H,4-10H2,1-3H3. The molecule has 0 aromatic carbocycles. The predicted molar refractivity (Wildman–Crippen MR) is 73.5 cm³/mol. The van der Waals surface area contributed by atoms with Crippen molar-refractivity contribution in [2.24, 2.45) is 5.92 Å². The van der Waals surface area contributed by atoms with Crippen LogP contribution in [0.3, 0.4) is 0 Å². The molecular weight excluding hydrogens is 234 g/mol. The highest BCUT2D eigenvalue weighted by molar-refractivity contribution is 8.12. The minimum Gasteiger partial charge on any atom is -0.378 e.